The van der Waals surface area contributed by atoms with E-state index in [2.05, 4.69) is 20.6 Å². The van der Waals surface area contributed by atoms with Gasteiger partial charge in [0.2, 0.25) is 0 Å². The van der Waals surface area contributed by atoms with Gasteiger partial charge in [-0.05, 0) is 37.5 Å². The summed E-state index contributed by atoms with van der Waals surface area (Å²) in [5.74, 6) is 2.67. The summed E-state index contributed by atoms with van der Waals surface area (Å²) < 4.78 is 9.08. The normalized spacial score (nSPS) is 31.9. The zero-order valence-corrected chi connectivity index (χ0v) is 11.9. The molecule has 3 rings (SSSR count). The summed E-state index contributed by atoms with van der Waals surface area (Å²) in [6.07, 6.45) is 3.97. The van der Waals surface area contributed by atoms with E-state index in [4.69, 9.17) is 0 Å². The monoisotopic (exact) mass is 269 g/mol. The van der Waals surface area contributed by atoms with Gasteiger partial charge in [0, 0.05) is 19.0 Å². The second-order valence-electron chi connectivity index (χ2n) is 5.07. The van der Waals surface area contributed by atoms with E-state index in [1.165, 1.54) is 67.1 Å². The molecule has 0 radical (unpaired) electrons. The Kier molecular flexibility index (Phi) is 3.68. The Morgan fingerprint density at radius 1 is 1.41 bits per heavy atom. The molecule has 3 nitrogen and oxygen atoms in total. The van der Waals surface area contributed by atoms with Crippen molar-refractivity contribution in [2.45, 2.75) is 37.1 Å². The third-order valence-corrected chi connectivity index (χ3v) is 5.69. The molecule has 1 aromatic rings. The number of hydrogen-bond donors (Lipinski definition) is 0. The molecule has 2 aliphatic heterocycles. The molecule has 2 fully saturated rings. The maximum Gasteiger partial charge on any atom is 0.134 e. The lowest BCUT2D eigenvalue weighted by Crippen LogP contribution is -2.25. The van der Waals surface area contributed by atoms with Gasteiger partial charge in [0.1, 0.15) is 5.03 Å². The number of thioether (sulfide) groups is 1. The average Bonchev–Trinajstić information content (AvgIpc) is 2.91. The third-order valence-electron chi connectivity index (χ3n) is 3.84. The molecule has 1 aromatic heterocycles. The molecule has 0 aromatic carbocycles. The van der Waals surface area contributed by atoms with Crippen LogP contribution in [0.4, 0.5) is 0 Å². The molecule has 1 unspecified atom stereocenters. The molecule has 17 heavy (non-hydrogen) atoms. The van der Waals surface area contributed by atoms with Gasteiger partial charge < -0.3 is 4.90 Å². The number of hydrogen-bond acceptors (Lipinski definition) is 5. The second-order valence-corrected chi connectivity index (χ2v) is 6.68. The van der Waals surface area contributed by atoms with Crippen molar-refractivity contribution in [1.82, 2.24) is 13.6 Å². The van der Waals surface area contributed by atoms with Crippen molar-refractivity contribution in [1.29, 1.82) is 0 Å². The maximum absolute atomic E-state index is 4.59. The molecule has 2 aliphatic rings. The Labute approximate surface area is 111 Å². The highest BCUT2D eigenvalue weighted by atomic mass is 32.2. The first-order valence-corrected chi connectivity index (χ1v) is 8.27. The summed E-state index contributed by atoms with van der Waals surface area (Å²) in [5.41, 5.74) is 1.31. The van der Waals surface area contributed by atoms with Crippen LogP contribution in [-0.2, 0) is 0 Å². The summed E-state index contributed by atoms with van der Waals surface area (Å²) in [6, 6.07) is 0. The molecule has 0 spiro atoms. The minimum atomic E-state index is 0.663. The largest absolute Gasteiger partial charge is 0.302 e. The van der Waals surface area contributed by atoms with E-state index in [1.807, 2.05) is 11.8 Å². The van der Waals surface area contributed by atoms with Gasteiger partial charge >= 0.3 is 0 Å². The SMILES string of the molecule is CCCSc1nsnc1[C@H]1CN2CCC[C@@H]1C2. The molecule has 94 valence electrons. The Balaban J connectivity index is 1.77. The molecule has 0 amide bonds. The van der Waals surface area contributed by atoms with Crippen molar-refractivity contribution in [3.05, 3.63) is 5.69 Å². The zero-order chi connectivity index (χ0) is 11.7. The van der Waals surface area contributed by atoms with E-state index in [0.717, 1.165) is 5.92 Å². The molecule has 0 aliphatic carbocycles. The van der Waals surface area contributed by atoms with Gasteiger partial charge in [-0.15, -0.1) is 11.8 Å². The highest BCUT2D eigenvalue weighted by Gasteiger charge is 2.38. The maximum atomic E-state index is 4.59. The highest BCUT2D eigenvalue weighted by Crippen LogP contribution is 2.41. The van der Waals surface area contributed by atoms with E-state index in [-0.39, 0.29) is 0 Å². The van der Waals surface area contributed by atoms with E-state index >= 15 is 0 Å². The van der Waals surface area contributed by atoms with Crippen LogP contribution in [0, 0.1) is 5.92 Å². The molecular weight excluding hydrogens is 250 g/mol. The van der Waals surface area contributed by atoms with Gasteiger partial charge in [-0.2, -0.15) is 8.75 Å². The standard InChI is InChI=1S/C12H19N3S2/c1-2-6-16-12-11(13-17-14-12)10-8-15-5-3-4-9(10)7-15/h9-10H,2-8H2,1H3/t9-,10+/m1/s1. The lowest BCUT2D eigenvalue weighted by molar-refractivity contribution is 0.269. The first kappa shape index (κ1) is 11.9. The second kappa shape index (κ2) is 5.24. The molecule has 2 saturated heterocycles. The Morgan fingerprint density at radius 3 is 3.18 bits per heavy atom. The van der Waals surface area contributed by atoms with Crippen molar-refractivity contribution >= 4 is 23.5 Å². The van der Waals surface area contributed by atoms with E-state index in [1.54, 1.807) is 0 Å². The minimum Gasteiger partial charge on any atom is -0.302 e. The van der Waals surface area contributed by atoms with Crippen molar-refractivity contribution < 1.29 is 0 Å². The van der Waals surface area contributed by atoms with Crippen LogP contribution in [0.3, 0.4) is 0 Å². The first-order valence-electron chi connectivity index (χ1n) is 6.56. The quantitative estimate of drug-likeness (QED) is 0.786. The molecular formula is C12H19N3S2. The number of aromatic nitrogens is 2. The van der Waals surface area contributed by atoms with Crippen LogP contribution in [0.15, 0.2) is 5.03 Å². The van der Waals surface area contributed by atoms with Crippen molar-refractivity contribution in [3.63, 3.8) is 0 Å². The minimum absolute atomic E-state index is 0.663. The molecule has 2 bridgehead atoms. The van der Waals surface area contributed by atoms with Gasteiger partial charge in [0.25, 0.3) is 0 Å². The van der Waals surface area contributed by atoms with E-state index in [0.29, 0.717) is 5.92 Å². The van der Waals surface area contributed by atoms with E-state index < -0.39 is 0 Å². The summed E-state index contributed by atoms with van der Waals surface area (Å²) >= 11 is 3.29. The predicted octanol–water partition coefficient (Wildman–Crippen LogP) is 2.85. The van der Waals surface area contributed by atoms with Gasteiger partial charge in [-0.1, -0.05) is 6.92 Å². The zero-order valence-electron chi connectivity index (χ0n) is 10.3. The summed E-state index contributed by atoms with van der Waals surface area (Å²) in [4.78, 5) is 2.60. The Hall–Kier alpha value is -0.130. The van der Waals surface area contributed by atoms with Gasteiger partial charge in [0.05, 0.1) is 17.4 Å². The number of fused-ring (bicyclic) bond motifs is 2. The summed E-state index contributed by atoms with van der Waals surface area (Å²) in [6.45, 7) is 6.03. The fourth-order valence-corrected chi connectivity index (χ4v) is 4.66. The Bertz CT molecular complexity index is 380. The van der Waals surface area contributed by atoms with Gasteiger partial charge in [-0.3, -0.25) is 0 Å². The van der Waals surface area contributed by atoms with Crippen LogP contribution in [0.1, 0.15) is 37.8 Å². The van der Waals surface area contributed by atoms with E-state index in [9.17, 15) is 0 Å². The van der Waals surface area contributed by atoms with Crippen molar-refractivity contribution in [2.75, 3.05) is 25.4 Å². The van der Waals surface area contributed by atoms with Crippen LogP contribution < -0.4 is 0 Å². The number of nitrogens with zero attached hydrogens (tertiary/aromatic N) is 3. The number of piperidine rings is 1. The predicted molar refractivity (Wildman–Crippen MR) is 72.8 cm³/mol. The highest BCUT2D eigenvalue weighted by molar-refractivity contribution is 7.99. The van der Waals surface area contributed by atoms with Crippen molar-refractivity contribution in [3.8, 4) is 0 Å². The van der Waals surface area contributed by atoms with Crippen LogP contribution >= 0.6 is 23.5 Å². The molecule has 3 atom stereocenters. The van der Waals surface area contributed by atoms with Gasteiger partial charge in [-0.25, -0.2) is 0 Å². The molecule has 5 heteroatoms. The number of rotatable bonds is 4. The van der Waals surface area contributed by atoms with Crippen LogP contribution in [0.25, 0.3) is 0 Å². The summed E-state index contributed by atoms with van der Waals surface area (Å²) in [5, 5.41) is 1.22. The lowest BCUT2D eigenvalue weighted by Gasteiger charge is -2.21. The fraction of sp³-hybridized carbons (Fsp3) is 0.833. The topological polar surface area (TPSA) is 29.0 Å². The first-order chi connectivity index (χ1) is 8.38. The third kappa shape index (κ3) is 2.37. The molecule has 3 heterocycles. The fourth-order valence-electron chi connectivity index (χ4n) is 3.04. The molecule has 0 N–H and O–H groups in total. The smallest absolute Gasteiger partial charge is 0.134 e. The van der Waals surface area contributed by atoms with Crippen LogP contribution in [-0.4, -0.2) is 39.0 Å². The molecule has 0 saturated carbocycles. The van der Waals surface area contributed by atoms with Crippen LogP contribution in [0.5, 0.6) is 0 Å². The van der Waals surface area contributed by atoms with Crippen molar-refractivity contribution in [2.24, 2.45) is 5.92 Å². The Morgan fingerprint density at radius 2 is 2.35 bits per heavy atom. The average molecular weight is 269 g/mol. The summed E-state index contributed by atoms with van der Waals surface area (Å²) in [7, 11) is 0. The lowest BCUT2D eigenvalue weighted by atomic mass is 9.89. The van der Waals surface area contributed by atoms with Crippen LogP contribution in [0.2, 0.25) is 0 Å². The van der Waals surface area contributed by atoms with Gasteiger partial charge in [0.15, 0.2) is 0 Å².